The van der Waals surface area contributed by atoms with Crippen LogP contribution in [0.1, 0.15) is 5.82 Å². The molecular formula is C27H20N4. The maximum absolute atomic E-state index is 4.46. The number of aryl methyl sites for hydroxylation is 1. The highest BCUT2D eigenvalue weighted by atomic mass is 15.3. The van der Waals surface area contributed by atoms with E-state index >= 15 is 0 Å². The minimum atomic E-state index is 0.845. The lowest BCUT2D eigenvalue weighted by Gasteiger charge is -2.11. The molecule has 0 atom stereocenters. The third-order valence-corrected chi connectivity index (χ3v) is 5.80. The molecule has 0 saturated carbocycles. The van der Waals surface area contributed by atoms with Crippen LogP contribution in [-0.2, 0) is 0 Å². The van der Waals surface area contributed by atoms with Crippen molar-refractivity contribution in [2.45, 2.75) is 6.92 Å². The maximum Gasteiger partial charge on any atom is 0.168 e. The number of para-hydroxylation sites is 3. The summed E-state index contributed by atoms with van der Waals surface area (Å²) in [7, 11) is 0. The fraction of sp³-hybridized carbons (Fsp3) is 0.0370. The van der Waals surface area contributed by atoms with E-state index in [1.165, 1.54) is 21.8 Å². The molecule has 31 heavy (non-hydrogen) atoms. The molecule has 0 aliphatic carbocycles. The molecule has 4 nitrogen and oxygen atoms in total. The van der Waals surface area contributed by atoms with Gasteiger partial charge in [-0.1, -0.05) is 54.6 Å². The van der Waals surface area contributed by atoms with Crippen molar-refractivity contribution in [2.24, 2.45) is 0 Å². The highest BCUT2D eigenvalue weighted by molar-refractivity contribution is 6.09. The average Bonchev–Trinajstić information content (AvgIpc) is 3.38. The Kier molecular flexibility index (Phi) is 3.96. The van der Waals surface area contributed by atoms with Crippen LogP contribution >= 0.6 is 0 Å². The van der Waals surface area contributed by atoms with Gasteiger partial charge in [0.05, 0.1) is 11.0 Å². The molecule has 0 aliphatic rings. The number of aromatic nitrogens is 4. The van der Waals surface area contributed by atoms with Crippen LogP contribution in [-0.4, -0.2) is 19.3 Å². The number of nitrogens with zero attached hydrogens (tertiary/aromatic N) is 4. The SMILES string of the molecule is Cc1nnc(-c2ccc(-n3c4ccccc4c4ccccc43)cc2)n1-c1ccccc1. The summed E-state index contributed by atoms with van der Waals surface area (Å²) in [6, 6.07) is 35.9. The van der Waals surface area contributed by atoms with Crippen LogP contribution in [0.25, 0.3) is 44.6 Å². The standard InChI is InChI=1S/C27H20N4/c1-19-28-29-27(30(19)21-9-3-2-4-10-21)20-15-17-22(18-16-20)31-25-13-7-5-11-23(25)24-12-6-8-14-26(24)31/h2-18H,1H3. The summed E-state index contributed by atoms with van der Waals surface area (Å²) in [5.41, 5.74) is 5.64. The minimum Gasteiger partial charge on any atom is -0.309 e. The highest BCUT2D eigenvalue weighted by Gasteiger charge is 2.14. The Morgan fingerprint density at radius 1 is 0.516 bits per heavy atom. The van der Waals surface area contributed by atoms with E-state index in [2.05, 4.69) is 104 Å². The molecule has 2 aromatic heterocycles. The molecule has 0 radical (unpaired) electrons. The van der Waals surface area contributed by atoms with Crippen LogP contribution < -0.4 is 0 Å². The Hall–Kier alpha value is -4.18. The second kappa shape index (κ2) is 6.96. The van der Waals surface area contributed by atoms with Gasteiger partial charge in [-0.2, -0.15) is 0 Å². The number of fused-ring (bicyclic) bond motifs is 3. The van der Waals surface area contributed by atoms with Crippen molar-refractivity contribution < 1.29 is 0 Å². The Balaban J connectivity index is 1.50. The van der Waals surface area contributed by atoms with Crippen molar-refractivity contribution in [2.75, 3.05) is 0 Å². The van der Waals surface area contributed by atoms with Crippen LogP contribution in [0.5, 0.6) is 0 Å². The Labute approximate surface area is 180 Å². The monoisotopic (exact) mass is 400 g/mol. The minimum absolute atomic E-state index is 0.845. The summed E-state index contributed by atoms with van der Waals surface area (Å²) in [6.07, 6.45) is 0. The first-order valence-corrected chi connectivity index (χ1v) is 10.4. The van der Waals surface area contributed by atoms with E-state index in [0.29, 0.717) is 0 Å². The van der Waals surface area contributed by atoms with Crippen molar-refractivity contribution in [3.63, 3.8) is 0 Å². The zero-order chi connectivity index (χ0) is 20.8. The van der Waals surface area contributed by atoms with E-state index in [1.807, 2.05) is 25.1 Å². The summed E-state index contributed by atoms with van der Waals surface area (Å²) in [5.74, 6) is 1.71. The Morgan fingerprint density at radius 2 is 1.06 bits per heavy atom. The smallest absolute Gasteiger partial charge is 0.168 e. The van der Waals surface area contributed by atoms with E-state index in [9.17, 15) is 0 Å². The first kappa shape index (κ1) is 17.7. The lowest BCUT2D eigenvalue weighted by molar-refractivity contribution is 0.972. The zero-order valence-electron chi connectivity index (χ0n) is 17.1. The van der Waals surface area contributed by atoms with Crippen LogP contribution in [0.4, 0.5) is 0 Å². The number of rotatable bonds is 3. The highest BCUT2D eigenvalue weighted by Crippen LogP contribution is 2.32. The van der Waals surface area contributed by atoms with Crippen molar-refractivity contribution >= 4 is 21.8 Å². The predicted molar refractivity (Wildman–Crippen MR) is 126 cm³/mol. The molecule has 4 heteroatoms. The number of hydrogen-bond acceptors (Lipinski definition) is 2. The van der Waals surface area contributed by atoms with E-state index in [0.717, 1.165) is 28.6 Å². The second-order valence-corrected chi connectivity index (χ2v) is 7.66. The van der Waals surface area contributed by atoms with Gasteiger partial charge in [-0.3, -0.25) is 4.57 Å². The summed E-state index contributed by atoms with van der Waals surface area (Å²) < 4.78 is 4.41. The molecule has 4 aromatic carbocycles. The summed E-state index contributed by atoms with van der Waals surface area (Å²) in [5, 5.41) is 11.3. The lowest BCUT2D eigenvalue weighted by Crippen LogP contribution is -2.00. The van der Waals surface area contributed by atoms with E-state index in [-0.39, 0.29) is 0 Å². The molecule has 0 fully saturated rings. The Morgan fingerprint density at radius 3 is 1.71 bits per heavy atom. The molecule has 6 aromatic rings. The van der Waals surface area contributed by atoms with Gasteiger partial charge in [-0.05, 0) is 55.5 Å². The molecule has 0 N–H and O–H groups in total. The molecule has 6 rings (SSSR count). The molecule has 0 aliphatic heterocycles. The molecular weight excluding hydrogens is 380 g/mol. The van der Waals surface area contributed by atoms with Gasteiger partial charge in [0.15, 0.2) is 5.82 Å². The molecule has 0 spiro atoms. The van der Waals surface area contributed by atoms with Gasteiger partial charge in [0.25, 0.3) is 0 Å². The summed E-state index contributed by atoms with van der Waals surface area (Å²) >= 11 is 0. The molecule has 0 amide bonds. The van der Waals surface area contributed by atoms with Crippen molar-refractivity contribution in [1.82, 2.24) is 19.3 Å². The van der Waals surface area contributed by atoms with Gasteiger partial charge in [0, 0.05) is 27.7 Å². The summed E-state index contributed by atoms with van der Waals surface area (Å²) in [4.78, 5) is 0. The van der Waals surface area contributed by atoms with Crippen LogP contribution in [0.15, 0.2) is 103 Å². The second-order valence-electron chi connectivity index (χ2n) is 7.66. The van der Waals surface area contributed by atoms with Crippen molar-refractivity contribution in [1.29, 1.82) is 0 Å². The third-order valence-electron chi connectivity index (χ3n) is 5.80. The maximum atomic E-state index is 4.46. The van der Waals surface area contributed by atoms with E-state index < -0.39 is 0 Å². The lowest BCUT2D eigenvalue weighted by atomic mass is 10.1. The largest absolute Gasteiger partial charge is 0.309 e. The molecule has 0 saturated heterocycles. The normalized spacial score (nSPS) is 11.4. The third kappa shape index (κ3) is 2.76. The van der Waals surface area contributed by atoms with Gasteiger partial charge in [0.2, 0.25) is 0 Å². The molecule has 2 heterocycles. The van der Waals surface area contributed by atoms with Gasteiger partial charge in [-0.25, -0.2) is 0 Å². The van der Waals surface area contributed by atoms with Crippen LogP contribution in [0.2, 0.25) is 0 Å². The average molecular weight is 400 g/mol. The molecule has 0 bridgehead atoms. The quantitative estimate of drug-likeness (QED) is 0.347. The first-order valence-electron chi connectivity index (χ1n) is 10.4. The fourth-order valence-corrected chi connectivity index (χ4v) is 4.40. The van der Waals surface area contributed by atoms with Gasteiger partial charge in [-0.15, -0.1) is 10.2 Å². The van der Waals surface area contributed by atoms with E-state index in [1.54, 1.807) is 0 Å². The molecule has 0 unspecified atom stereocenters. The van der Waals surface area contributed by atoms with Crippen molar-refractivity contribution in [3.8, 4) is 22.8 Å². The fourth-order valence-electron chi connectivity index (χ4n) is 4.40. The van der Waals surface area contributed by atoms with Crippen LogP contribution in [0.3, 0.4) is 0 Å². The van der Waals surface area contributed by atoms with Crippen molar-refractivity contribution in [3.05, 3.63) is 109 Å². The van der Waals surface area contributed by atoms with Crippen LogP contribution in [0, 0.1) is 6.92 Å². The zero-order valence-corrected chi connectivity index (χ0v) is 17.1. The predicted octanol–water partition coefficient (Wildman–Crippen LogP) is 6.34. The summed E-state index contributed by atoms with van der Waals surface area (Å²) in [6.45, 7) is 1.98. The number of hydrogen-bond donors (Lipinski definition) is 0. The van der Waals surface area contributed by atoms with Gasteiger partial charge in [0.1, 0.15) is 5.82 Å². The topological polar surface area (TPSA) is 35.6 Å². The number of benzene rings is 4. The van der Waals surface area contributed by atoms with Gasteiger partial charge >= 0.3 is 0 Å². The first-order chi connectivity index (χ1) is 15.3. The van der Waals surface area contributed by atoms with E-state index in [4.69, 9.17) is 0 Å². The van der Waals surface area contributed by atoms with Gasteiger partial charge < -0.3 is 4.57 Å². The Bertz CT molecular complexity index is 1470. The molecule has 148 valence electrons.